The molecule has 2 aromatic carbocycles. The van der Waals surface area contributed by atoms with Crippen LogP contribution in [-0.2, 0) is 0 Å². The second-order valence-electron chi connectivity index (χ2n) is 4.81. The lowest BCUT2D eigenvalue weighted by molar-refractivity contribution is 0.102. The first kappa shape index (κ1) is 13.6. The van der Waals surface area contributed by atoms with Gasteiger partial charge < -0.3 is 5.32 Å². The number of amides is 1. The van der Waals surface area contributed by atoms with Gasteiger partial charge in [0.15, 0.2) is 0 Å². The molecule has 0 spiro atoms. The van der Waals surface area contributed by atoms with E-state index in [4.69, 9.17) is 0 Å². The van der Waals surface area contributed by atoms with Crippen LogP contribution in [0.5, 0.6) is 0 Å². The maximum atomic E-state index is 12.3. The van der Waals surface area contributed by atoms with Gasteiger partial charge in [0.1, 0.15) is 0 Å². The highest BCUT2D eigenvalue weighted by atomic mass is 32.1. The summed E-state index contributed by atoms with van der Waals surface area (Å²) in [6, 6.07) is 19.8. The lowest BCUT2D eigenvalue weighted by Gasteiger charge is -2.10. The molecule has 0 atom stereocenters. The predicted molar refractivity (Wildman–Crippen MR) is 88.9 cm³/mol. The Morgan fingerprint density at radius 3 is 2.43 bits per heavy atom. The first-order valence-electron chi connectivity index (χ1n) is 6.75. The summed E-state index contributed by atoms with van der Waals surface area (Å²) < 4.78 is 0. The molecule has 0 saturated carbocycles. The third-order valence-electron chi connectivity index (χ3n) is 3.25. The Bertz CT molecular complexity index is 762. The molecule has 3 aromatic rings. The zero-order valence-electron chi connectivity index (χ0n) is 11.7. The van der Waals surface area contributed by atoms with Crippen molar-refractivity contribution in [2.24, 2.45) is 0 Å². The summed E-state index contributed by atoms with van der Waals surface area (Å²) in [5, 5.41) is 4.89. The highest BCUT2D eigenvalue weighted by molar-refractivity contribution is 7.10. The molecule has 0 bridgehead atoms. The van der Waals surface area contributed by atoms with Crippen LogP contribution in [0, 0.1) is 6.92 Å². The lowest BCUT2D eigenvalue weighted by atomic mass is 10.0. The Labute approximate surface area is 128 Å². The van der Waals surface area contributed by atoms with Gasteiger partial charge in [-0.1, -0.05) is 48.5 Å². The lowest BCUT2D eigenvalue weighted by Crippen LogP contribution is -2.11. The molecule has 104 valence electrons. The van der Waals surface area contributed by atoms with Crippen molar-refractivity contribution in [2.75, 3.05) is 5.32 Å². The summed E-state index contributed by atoms with van der Waals surface area (Å²) in [6.45, 7) is 2.00. The van der Waals surface area contributed by atoms with E-state index in [2.05, 4.69) is 5.32 Å². The van der Waals surface area contributed by atoms with Gasteiger partial charge in [0.05, 0.1) is 5.56 Å². The minimum Gasteiger partial charge on any atom is -0.321 e. The Balaban J connectivity index is 1.91. The second kappa shape index (κ2) is 5.94. The van der Waals surface area contributed by atoms with Crippen LogP contribution in [-0.4, -0.2) is 5.91 Å². The smallest absolute Gasteiger partial charge is 0.256 e. The average molecular weight is 293 g/mol. The topological polar surface area (TPSA) is 29.1 Å². The van der Waals surface area contributed by atoms with E-state index in [1.165, 1.54) is 0 Å². The molecule has 0 aliphatic carbocycles. The maximum absolute atomic E-state index is 12.3. The third-order valence-corrected chi connectivity index (χ3v) is 4.11. The number of carbonyl (C=O) groups is 1. The molecule has 0 saturated heterocycles. The van der Waals surface area contributed by atoms with Crippen molar-refractivity contribution in [2.45, 2.75) is 6.92 Å². The molecule has 1 aromatic heterocycles. The van der Waals surface area contributed by atoms with Crippen molar-refractivity contribution in [1.29, 1.82) is 0 Å². The fraction of sp³-hybridized carbons (Fsp3) is 0.0556. The summed E-state index contributed by atoms with van der Waals surface area (Å²) in [5.41, 5.74) is 3.66. The zero-order chi connectivity index (χ0) is 14.7. The molecule has 0 aliphatic heterocycles. The molecule has 1 heterocycles. The summed E-state index contributed by atoms with van der Waals surface area (Å²) in [6.07, 6.45) is 0. The van der Waals surface area contributed by atoms with E-state index in [-0.39, 0.29) is 5.91 Å². The molecular weight excluding hydrogens is 278 g/mol. The molecule has 0 aliphatic rings. The molecule has 2 nitrogen and oxygen atoms in total. The van der Waals surface area contributed by atoms with Crippen molar-refractivity contribution in [3.05, 3.63) is 76.5 Å². The first-order valence-corrected chi connectivity index (χ1v) is 7.63. The Morgan fingerprint density at radius 1 is 1.00 bits per heavy atom. The van der Waals surface area contributed by atoms with Gasteiger partial charge in [-0.25, -0.2) is 0 Å². The van der Waals surface area contributed by atoms with Gasteiger partial charge in [-0.2, -0.15) is 0 Å². The van der Waals surface area contributed by atoms with E-state index in [9.17, 15) is 4.79 Å². The van der Waals surface area contributed by atoms with Crippen molar-refractivity contribution in [1.82, 2.24) is 0 Å². The van der Waals surface area contributed by atoms with Gasteiger partial charge in [0.2, 0.25) is 0 Å². The van der Waals surface area contributed by atoms with Gasteiger partial charge in [-0.15, -0.1) is 11.3 Å². The number of para-hydroxylation sites is 1. The van der Waals surface area contributed by atoms with Gasteiger partial charge in [-0.05, 0) is 24.6 Å². The predicted octanol–water partition coefficient (Wildman–Crippen LogP) is 4.98. The van der Waals surface area contributed by atoms with Gasteiger partial charge in [-0.3, -0.25) is 4.79 Å². The van der Waals surface area contributed by atoms with Crippen LogP contribution in [0.25, 0.3) is 11.1 Å². The van der Waals surface area contributed by atoms with Gasteiger partial charge in [0.25, 0.3) is 5.91 Å². The van der Waals surface area contributed by atoms with E-state index in [1.807, 2.05) is 73.0 Å². The number of hydrogen-bond donors (Lipinski definition) is 1. The van der Waals surface area contributed by atoms with E-state index in [1.54, 1.807) is 11.3 Å². The molecule has 3 heteroatoms. The third kappa shape index (κ3) is 3.03. The van der Waals surface area contributed by atoms with Crippen LogP contribution < -0.4 is 5.32 Å². The molecule has 3 rings (SSSR count). The second-order valence-corrected chi connectivity index (χ2v) is 5.93. The minimum absolute atomic E-state index is 0.0669. The van der Waals surface area contributed by atoms with Crippen LogP contribution in [0.2, 0.25) is 0 Å². The molecule has 1 N–H and O–H groups in total. The van der Waals surface area contributed by atoms with Crippen LogP contribution in [0.4, 0.5) is 5.69 Å². The van der Waals surface area contributed by atoms with Gasteiger partial charge in [0, 0.05) is 21.5 Å². The van der Waals surface area contributed by atoms with Crippen LogP contribution in [0.3, 0.4) is 0 Å². The average Bonchev–Trinajstić information content (AvgIpc) is 2.95. The largest absolute Gasteiger partial charge is 0.321 e. The summed E-state index contributed by atoms with van der Waals surface area (Å²) in [5.74, 6) is -0.0669. The van der Waals surface area contributed by atoms with E-state index < -0.39 is 0 Å². The Morgan fingerprint density at radius 2 is 1.71 bits per heavy atom. The summed E-state index contributed by atoms with van der Waals surface area (Å²) in [7, 11) is 0. The number of benzene rings is 2. The van der Waals surface area contributed by atoms with Crippen molar-refractivity contribution in [3.63, 3.8) is 0 Å². The van der Waals surface area contributed by atoms with E-state index in [0.29, 0.717) is 5.56 Å². The first-order chi connectivity index (χ1) is 10.2. The summed E-state index contributed by atoms with van der Waals surface area (Å²) in [4.78, 5) is 13.4. The fourth-order valence-electron chi connectivity index (χ4n) is 2.22. The Hall–Kier alpha value is -2.39. The normalized spacial score (nSPS) is 10.3. The van der Waals surface area contributed by atoms with E-state index >= 15 is 0 Å². The molecule has 0 radical (unpaired) electrons. The van der Waals surface area contributed by atoms with Crippen LogP contribution in [0.15, 0.2) is 66.0 Å². The number of aryl methyl sites for hydroxylation is 1. The number of rotatable bonds is 3. The number of carbonyl (C=O) groups excluding carboxylic acids is 1. The highest BCUT2D eigenvalue weighted by Crippen LogP contribution is 2.28. The fourth-order valence-corrected chi connectivity index (χ4v) is 2.90. The Kier molecular flexibility index (Phi) is 3.84. The highest BCUT2D eigenvalue weighted by Gasteiger charge is 2.11. The quantitative estimate of drug-likeness (QED) is 0.725. The van der Waals surface area contributed by atoms with Crippen molar-refractivity contribution >= 4 is 22.9 Å². The minimum atomic E-state index is -0.0669. The standard InChI is InChI=1S/C18H15NOS/c1-13-11-15(12-21-13)18(20)19-17-10-6-5-9-16(17)14-7-3-2-4-8-14/h2-12H,1H3,(H,19,20). The number of thiophene rings is 1. The number of hydrogen-bond acceptors (Lipinski definition) is 2. The molecule has 0 unspecified atom stereocenters. The maximum Gasteiger partial charge on any atom is 0.256 e. The van der Waals surface area contributed by atoms with Crippen molar-refractivity contribution < 1.29 is 4.79 Å². The molecule has 0 fully saturated rings. The van der Waals surface area contributed by atoms with E-state index in [0.717, 1.165) is 21.7 Å². The van der Waals surface area contributed by atoms with Crippen LogP contribution >= 0.6 is 11.3 Å². The number of nitrogens with one attached hydrogen (secondary N) is 1. The summed E-state index contributed by atoms with van der Waals surface area (Å²) >= 11 is 1.58. The number of anilines is 1. The van der Waals surface area contributed by atoms with Crippen LogP contribution in [0.1, 0.15) is 15.2 Å². The SMILES string of the molecule is Cc1cc(C(=O)Nc2ccccc2-c2ccccc2)cs1. The monoisotopic (exact) mass is 293 g/mol. The van der Waals surface area contributed by atoms with Gasteiger partial charge >= 0.3 is 0 Å². The molecular formula is C18H15NOS. The molecule has 1 amide bonds. The zero-order valence-corrected chi connectivity index (χ0v) is 12.5. The van der Waals surface area contributed by atoms with Crippen molar-refractivity contribution in [3.8, 4) is 11.1 Å². The molecule has 21 heavy (non-hydrogen) atoms.